The molecule has 0 fully saturated rings. The van der Waals surface area contributed by atoms with Crippen LogP contribution in [0.2, 0.25) is 0 Å². The van der Waals surface area contributed by atoms with Crippen LogP contribution in [-0.2, 0) is 10.8 Å². The summed E-state index contributed by atoms with van der Waals surface area (Å²) in [6, 6.07) is 37.5. The van der Waals surface area contributed by atoms with E-state index >= 15 is 0 Å². The third kappa shape index (κ3) is 4.71. The molecule has 0 spiro atoms. The summed E-state index contributed by atoms with van der Waals surface area (Å²) in [5.41, 5.74) is 26.5. The summed E-state index contributed by atoms with van der Waals surface area (Å²) in [7, 11) is 0. The number of nitrogens with two attached hydrogens (primary N) is 3. The topological polar surface area (TPSA) is 78.1 Å². The fourth-order valence-corrected chi connectivity index (χ4v) is 7.25. The van der Waals surface area contributed by atoms with Crippen molar-refractivity contribution in [2.45, 2.75) is 51.4 Å². The van der Waals surface area contributed by atoms with Crippen LogP contribution < -0.4 is 17.4 Å². The van der Waals surface area contributed by atoms with Gasteiger partial charge in [-0.25, -0.2) is 0 Å². The summed E-state index contributed by atoms with van der Waals surface area (Å²) in [6.45, 7) is 11.5. The highest BCUT2D eigenvalue weighted by atomic mass is 15.0. The summed E-state index contributed by atoms with van der Waals surface area (Å²) >= 11 is 0. The largest absolute Gasteiger partial charge is 0.399 e. The zero-order valence-electron chi connectivity index (χ0n) is 26.3. The Hall–Kier alpha value is -4.66. The Balaban J connectivity index is 0.000000163. The molecule has 0 radical (unpaired) electrons. The summed E-state index contributed by atoms with van der Waals surface area (Å²) in [5.74, 6) is 8.37. The molecule has 6 N–H and O–H groups in total. The Kier molecular flexibility index (Phi) is 7.43. The standard InChI is InChI=1S/C26H22.C15H15N.H4N2/c1-17(19-12-11-18-7-6-8-21(18)15-19)20-13-14-23-22-9-4-5-10-24(22)26(2,3)25(23)16-20;1-15(2)13-6-4-3-5-11(13)12-8-7-10(16)9-14(12)15;1-2/h4-5,7-17H,1-3H3;3-9H,16H2,1-2H3;1-2H2. The summed E-state index contributed by atoms with van der Waals surface area (Å²) in [6.07, 6.45) is 4.13. The molecule has 3 nitrogen and oxygen atoms in total. The van der Waals surface area contributed by atoms with Gasteiger partial charge in [0.25, 0.3) is 0 Å². The molecule has 1 unspecified atom stereocenters. The molecule has 0 saturated carbocycles. The van der Waals surface area contributed by atoms with Crippen molar-refractivity contribution < 1.29 is 0 Å². The zero-order chi connectivity index (χ0) is 31.2. The lowest BCUT2D eigenvalue weighted by molar-refractivity contribution is 0.658. The maximum Gasteiger partial charge on any atom is 0.0317 e. The van der Waals surface area contributed by atoms with E-state index in [1.165, 1.54) is 66.8 Å². The quantitative estimate of drug-likeness (QED) is 0.0833. The normalized spacial score (nSPS) is 15.4. The minimum Gasteiger partial charge on any atom is -0.399 e. The Bertz CT molecular complexity index is 1950. The van der Waals surface area contributed by atoms with Gasteiger partial charge in [0, 0.05) is 22.4 Å². The van der Waals surface area contributed by atoms with Crippen LogP contribution in [0.5, 0.6) is 0 Å². The monoisotopic (exact) mass is 575 g/mol. The molecule has 1 atom stereocenters. The van der Waals surface area contributed by atoms with Crippen molar-refractivity contribution in [3.63, 3.8) is 0 Å². The van der Waals surface area contributed by atoms with Gasteiger partial charge >= 0.3 is 0 Å². The van der Waals surface area contributed by atoms with Gasteiger partial charge in [0.15, 0.2) is 0 Å². The molecule has 5 aromatic carbocycles. The number of hydrazine groups is 1. The highest BCUT2D eigenvalue weighted by molar-refractivity contribution is 5.82. The van der Waals surface area contributed by atoms with Crippen molar-refractivity contribution in [1.82, 2.24) is 0 Å². The molecule has 0 heterocycles. The number of anilines is 1. The van der Waals surface area contributed by atoms with Gasteiger partial charge in [0.1, 0.15) is 0 Å². The molecule has 3 aliphatic carbocycles. The SMILES string of the molecule is CC(c1ccc2c(c1)C=C=C2)c1ccc2c(c1)C(C)(C)c1ccccc1-2.CC1(C)c2ccccc2-c2ccc(N)cc21.NN. The predicted octanol–water partition coefficient (Wildman–Crippen LogP) is 9.18. The van der Waals surface area contributed by atoms with Crippen LogP contribution in [0.1, 0.15) is 85.0 Å². The van der Waals surface area contributed by atoms with Crippen LogP contribution in [0, 0.1) is 0 Å². The number of nitrogen functional groups attached to an aromatic ring is 1. The molecule has 8 rings (SSSR count). The molecular formula is C41H41N3. The highest BCUT2D eigenvalue weighted by Gasteiger charge is 2.36. The molecule has 0 bridgehead atoms. The summed E-state index contributed by atoms with van der Waals surface area (Å²) < 4.78 is 0. The first-order chi connectivity index (χ1) is 21.2. The van der Waals surface area contributed by atoms with Crippen LogP contribution in [0.4, 0.5) is 5.69 Å². The van der Waals surface area contributed by atoms with Crippen LogP contribution in [0.25, 0.3) is 34.4 Å². The van der Waals surface area contributed by atoms with Gasteiger partial charge < -0.3 is 5.73 Å². The van der Waals surface area contributed by atoms with E-state index in [1.54, 1.807) is 0 Å². The van der Waals surface area contributed by atoms with E-state index < -0.39 is 0 Å². The summed E-state index contributed by atoms with van der Waals surface area (Å²) in [5, 5.41) is 0. The van der Waals surface area contributed by atoms with Gasteiger partial charge in [-0.3, -0.25) is 11.7 Å². The van der Waals surface area contributed by atoms with Gasteiger partial charge in [-0.2, -0.15) is 0 Å². The lowest BCUT2D eigenvalue weighted by Gasteiger charge is -2.23. The number of benzene rings is 5. The first kappa shape index (κ1) is 29.4. The number of hydrogen-bond donors (Lipinski definition) is 3. The Labute approximate surface area is 261 Å². The van der Waals surface area contributed by atoms with Crippen LogP contribution in [-0.4, -0.2) is 0 Å². The second-order valence-corrected chi connectivity index (χ2v) is 13.0. The van der Waals surface area contributed by atoms with Crippen molar-refractivity contribution in [3.05, 3.63) is 153 Å². The minimum atomic E-state index is 0.0618. The van der Waals surface area contributed by atoms with Crippen molar-refractivity contribution in [2.75, 3.05) is 5.73 Å². The van der Waals surface area contributed by atoms with Crippen molar-refractivity contribution in [1.29, 1.82) is 0 Å². The Morgan fingerprint density at radius 2 is 1.00 bits per heavy atom. The lowest BCUT2D eigenvalue weighted by atomic mass is 9.80. The average molecular weight is 576 g/mol. The molecule has 0 aromatic heterocycles. The molecule has 0 aliphatic heterocycles. The molecule has 220 valence electrons. The van der Waals surface area contributed by atoms with Gasteiger partial charge in [-0.05, 0) is 97.1 Å². The van der Waals surface area contributed by atoms with Gasteiger partial charge in [-0.15, -0.1) is 5.73 Å². The van der Waals surface area contributed by atoms with Crippen molar-refractivity contribution in [2.24, 2.45) is 11.7 Å². The van der Waals surface area contributed by atoms with Crippen LogP contribution in [0.3, 0.4) is 0 Å². The third-order valence-corrected chi connectivity index (χ3v) is 9.80. The molecule has 3 heteroatoms. The predicted molar refractivity (Wildman–Crippen MR) is 187 cm³/mol. The molecule has 3 aliphatic rings. The Morgan fingerprint density at radius 3 is 1.64 bits per heavy atom. The number of fused-ring (bicyclic) bond motifs is 7. The van der Waals surface area contributed by atoms with E-state index in [-0.39, 0.29) is 10.8 Å². The minimum absolute atomic E-state index is 0.0618. The molecule has 0 amide bonds. The fourth-order valence-electron chi connectivity index (χ4n) is 7.25. The number of hydrogen-bond acceptors (Lipinski definition) is 3. The lowest BCUT2D eigenvalue weighted by Crippen LogP contribution is -2.15. The average Bonchev–Trinajstić information content (AvgIpc) is 3.68. The van der Waals surface area contributed by atoms with E-state index in [2.05, 4.69) is 161 Å². The van der Waals surface area contributed by atoms with Crippen LogP contribution in [0.15, 0.2) is 109 Å². The van der Waals surface area contributed by atoms with E-state index in [1.807, 2.05) is 6.07 Å². The van der Waals surface area contributed by atoms with Crippen LogP contribution >= 0.6 is 0 Å². The number of rotatable bonds is 2. The first-order valence-electron chi connectivity index (χ1n) is 15.3. The van der Waals surface area contributed by atoms with Gasteiger partial charge in [0.05, 0.1) is 0 Å². The summed E-state index contributed by atoms with van der Waals surface area (Å²) in [4.78, 5) is 0. The molecule has 5 aromatic rings. The van der Waals surface area contributed by atoms with E-state index in [0.29, 0.717) is 5.92 Å². The van der Waals surface area contributed by atoms with E-state index in [4.69, 9.17) is 5.73 Å². The van der Waals surface area contributed by atoms with E-state index in [9.17, 15) is 0 Å². The highest BCUT2D eigenvalue weighted by Crippen LogP contribution is 2.50. The molecular weight excluding hydrogens is 534 g/mol. The molecule has 0 saturated heterocycles. The van der Waals surface area contributed by atoms with E-state index in [0.717, 1.165) is 5.69 Å². The zero-order valence-corrected chi connectivity index (χ0v) is 26.3. The second kappa shape index (κ2) is 11.1. The second-order valence-electron chi connectivity index (χ2n) is 13.0. The van der Waals surface area contributed by atoms with Crippen molar-refractivity contribution >= 4 is 17.8 Å². The van der Waals surface area contributed by atoms with Gasteiger partial charge in [0.2, 0.25) is 0 Å². The first-order valence-corrected chi connectivity index (χ1v) is 15.3. The fraction of sp³-hybridized carbons (Fsp3) is 0.195. The van der Waals surface area contributed by atoms with Gasteiger partial charge in [-0.1, -0.05) is 120 Å². The Morgan fingerprint density at radius 1 is 0.523 bits per heavy atom. The maximum absolute atomic E-state index is 5.89. The molecule has 44 heavy (non-hydrogen) atoms. The smallest absolute Gasteiger partial charge is 0.0317 e. The maximum atomic E-state index is 5.89. The third-order valence-electron chi connectivity index (χ3n) is 9.80. The van der Waals surface area contributed by atoms with Crippen molar-refractivity contribution in [3.8, 4) is 22.3 Å².